The summed E-state index contributed by atoms with van der Waals surface area (Å²) < 4.78 is 41.6. The highest BCUT2D eigenvalue weighted by molar-refractivity contribution is 6.03. The number of fused-ring (bicyclic) bond motifs is 1. The van der Waals surface area contributed by atoms with E-state index >= 15 is 0 Å². The molecule has 0 aliphatic heterocycles. The predicted octanol–water partition coefficient (Wildman–Crippen LogP) is 5.32. The second-order valence-electron chi connectivity index (χ2n) is 9.60. The monoisotopic (exact) mass is 565 g/mol. The molecule has 2 N–H and O–H groups in total. The molecule has 1 atom stereocenters. The van der Waals surface area contributed by atoms with Crippen LogP contribution in [0.3, 0.4) is 0 Å². The molecule has 1 aromatic carbocycles. The van der Waals surface area contributed by atoms with Crippen LogP contribution < -0.4 is 10.6 Å². The van der Waals surface area contributed by atoms with Gasteiger partial charge in [0.25, 0.3) is 11.8 Å². The van der Waals surface area contributed by atoms with Gasteiger partial charge in [-0.2, -0.15) is 13.2 Å². The smallest absolute Gasteiger partial charge is 0.352 e. The highest BCUT2D eigenvalue weighted by Gasteiger charge is 2.38. The molecule has 0 aliphatic rings. The van der Waals surface area contributed by atoms with Crippen molar-refractivity contribution in [3.05, 3.63) is 89.1 Å². The minimum Gasteiger partial charge on any atom is -0.352 e. The van der Waals surface area contributed by atoms with Crippen LogP contribution in [0.15, 0.2) is 66.0 Å². The van der Waals surface area contributed by atoms with Gasteiger partial charge < -0.3 is 10.6 Å². The Bertz CT molecular complexity index is 1570. The van der Waals surface area contributed by atoms with E-state index < -0.39 is 23.8 Å². The van der Waals surface area contributed by atoms with E-state index in [4.69, 9.17) is 4.99 Å². The van der Waals surface area contributed by atoms with Gasteiger partial charge in [-0.25, -0.2) is 0 Å². The number of hydrogen-bond acceptors (Lipinski definition) is 6. The van der Waals surface area contributed by atoms with E-state index in [9.17, 15) is 22.8 Å². The number of carbonyl (C=O) groups excluding carboxylic acids is 2. The molecule has 0 fully saturated rings. The lowest BCUT2D eigenvalue weighted by molar-refractivity contribution is -0.145. The Morgan fingerprint density at radius 3 is 2.46 bits per heavy atom. The van der Waals surface area contributed by atoms with Crippen LogP contribution in [0.5, 0.6) is 0 Å². The number of aryl methyl sites for hydroxylation is 1. The fourth-order valence-corrected chi connectivity index (χ4v) is 4.15. The first-order valence-electron chi connectivity index (χ1n) is 13.1. The zero-order valence-corrected chi connectivity index (χ0v) is 22.9. The molecule has 0 bridgehead atoms. The predicted molar refractivity (Wildman–Crippen MR) is 148 cm³/mol. The molecule has 41 heavy (non-hydrogen) atoms. The van der Waals surface area contributed by atoms with Gasteiger partial charge >= 0.3 is 6.18 Å². The number of carbonyl (C=O) groups is 2. The zero-order valence-electron chi connectivity index (χ0n) is 22.9. The third-order valence-corrected chi connectivity index (χ3v) is 6.69. The highest BCUT2D eigenvalue weighted by atomic mass is 19.4. The van der Waals surface area contributed by atoms with Gasteiger partial charge in [-0.1, -0.05) is 32.0 Å². The molecule has 2 amide bonds. The summed E-state index contributed by atoms with van der Waals surface area (Å²) in [5.41, 5.74) is 2.83. The minimum atomic E-state index is -4.85. The van der Waals surface area contributed by atoms with Gasteiger partial charge in [0.05, 0.1) is 16.8 Å². The van der Waals surface area contributed by atoms with E-state index in [1.54, 1.807) is 24.5 Å². The maximum Gasteiger partial charge on any atom is 0.452 e. The maximum atomic E-state index is 13.7. The molecule has 0 saturated heterocycles. The summed E-state index contributed by atoms with van der Waals surface area (Å²) in [6, 6.07) is 12.3. The maximum absolute atomic E-state index is 13.7. The Balaban J connectivity index is 1.58. The summed E-state index contributed by atoms with van der Waals surface area (Å²) in [5.74, 6) is -2.53. The Labute approximate surface area is 234 Å². The number of aliphatic imine (C=N–C) groups is 1. The van der Waals surface area contributed by atoms with E-state index in [0.717, 1.165) is 35.1 Å². The number of hydrogen-bond donors (Lipinski definition) is 2. The number of aromatic nitrogens is 4. The minimum absolute atomic E-state index is 0.119. The van der Waals surface area contributed by atoms with Crippen LogP contribution in [-0.4, -0.2) is 43.7 Å². The van der Waals surface area contributed by atoms with Crippen molar-refractivity contribution < 1.29 is 22.8 Å². The first-order chi connectivity index (χ1) is 19.6. The number of para-hydroxylation sites is 1. The molecule has 3 heterocycles. The first-order valence-corrected chi connectivity index (χ1v) is 13.1. The number of nitrogens with zero attached hydrogens (tertiary/aromatic N) is 5. The van der Waals surface area contributed by atoms with Crippen LogP contribution in [0.2, 0.25) is 0 Å². The summed E-state index contributed by atoms with van der Waals surface area (Å²) >= 11 is 0. The average molecular weight is 566 g/mol. The molecule has 1 unspecified atom stereocenters. The Hall–Kier alpha value is -4.61. The molecular weight excluding hydrogens is 535 g/mol. The molecule has 4 rings (SSSR count). The van der Waals surface area contributed by atoms with Gasteiger partial charge in [-0.05, 0) is 54.7 Å². The Morgan fingerprint density at radius 2 is 1.78 bits per heavy atom. The van der Waals surface area contributed by atoms with Crippen molar-refractivity contribution in [2.24, 2.45) is 10.9 Å². The zero-order chi connectivity index (χ0) is 29.6. The quantitative estimate of drug-likeness (QED) is 0.253. The van der Waals surface area contributed by atoms with Gasteiger partial charge in [-0.3, -0.25) is 24.0 Å². The first kappa shape index (κ1) is 29.4. The lowest BCUT2D eigenvalue weighted by Gasteiger charge is -2.15. The summed E-state index contributed by atoms with van der Waals surface area (Å²) in [6.07, 6.45) is 0.513. The van der Waals surface area contributed by atoms with Crippen molar-refractivity contribution in [1.29, 1.82) is 0 Å². The molecule has 0 spiro atoms. The van der Waals surface area contributed by atoms with Crippen molar-refractivity contribution in [1.82, 2.24) is 30.2 Å². The summed E-state index contributed by atoms with van der Waals surface area (Å²) in [7, 11) is 0. The number of benzene rings is 1. The van der Waals surface area contributed by atoms with Crippen LogP contribution >= 0.6 is 0 Å². The molecule has 3 aromatic heterocycles. The highest BCUT2D eigenvalue weighted by Crippen LogP contribution is 2.29. The van der Waals surface area contributed by atoms with E-state index in [1.807, 2.05) is 45.0 Å². The molecule has 214 valence electrons. The van der Waals surface area contributed by atoms with Crippen LogP contribution in [-0.2, 0) is 12.7 Å². The fraction of sp³-hybridized carbons (Fsp3) is 0.310. The van der Waals surface area contributed by atoms with Gasteiger partial charge in [0.2, 0.25) is 5.82 Å². The third kappa shape index (κ3) is 7.13. The second kappa shape index (κ2) is 12.7. The van der Waals surface area contributed by atoms with Gasteiger partial charge in [0.1, 0.15) is 0 Å². The molecule has 0 saturated carbocycles. The van der Waals surface area contributed by atoms with Gasteiger partial charge in [0.15, 0.2) is 5.65 Å². The van der Waals surface area contributed by atoms with Gasteiger partial charge in [0, 0.05) is 43.8 Å². The molecule has 4 aromatic rings. The van der Waals surface area contributed by atoms with Crippen LogP contribution in [0.1, 0.15) is 64.4 Å². The molecule has 0 aliphatic carbocycles. The topological polar surface area (TPSA) is 114 Å². The lowest BCUT2D eigenvalue weighted by Crippen LogP contribution is -2.29. The summed E-state index contributed by atoms with van der Waals surface area (Å²) in [6.45, 7) is 6.36. The summed E-state index contributed by atoms with van der Waals surface area (Å²) in [4.78, 5) is 34.9. The fourth-order valence-electron chi connectivity index (χ4n) is 4.15. The van der Waals surface area contributed by atoms with Gasteiger partial charge in [-0.15, -0.1) is 10.2 Å². The number of rotatable bonds is 10. The number of alkyl halides is 3. The number of nitrogens with one attached hydrogen (secondary N) is 2. The number of pyridine rings is 2. The van der Waals surface area contributed by atoms with Crippen LogP contribution in [0, 0.1) is 12.8 Å². The normalized spacial score (nSPS) is 12.8. The summed E-state index contributed by atoms with van der Waals surface area (Å²) in [5, 5.41) is 12.3. The number of halogens is 3. The number of amides is 2. The molecular formula is C29H30F3N7O2. The largest absolute Gasteiger partial charge is 0.452 e. The molecule has 0 radical (unpaired) electrons. The van der Waals surface area contributed by atoms with E-state index in [1.165, 1.54) is 6.07 Å². The van der Waals surface area contributed by atoms with Crippen molar-refractivity contribution in [3.63, 3.8) is 0 Å². The molecule has 12 heteroatoms. The van der Waals surface area contributed by atoms with E-state index in [0.29, 0.717) is 10.8 Å². The van der Waals surface area contributed by atoms with Crippen molar-refractivity contribution >= 4 is 28.9 Å². The lowest BCUT2D eigenvalue weighted by atomic mass is 9.99. The second-order valence-corrected chi connectivity index (χ2v) is 9.60. The van der Waals surface area contributed by atoms with Crippen LogP contribution in [0.25, 0.3) is 5.65 Å². The standard InChI is InChI=1S/C29H30F3N7O2/c1-4-18(2)24(36-23-8-6-5-7-19(23)3)11-14-34-27(41)22-15-21(26(40)35-16-20-9-12-33-13-10-20)17-39-25(22)37-38-28(39)29(30,31)32/h5-10,12-13,15,17-18H,4,11,14,16H2,1-3H3,(H,34,41)(H,35,40). The Kier molecular flexibility index (Phi) is 9.10. The van der Waals surface area contributed by atoms with E-state index in [2.05, 4.69) is 25.8 Å². The van der Waals surface area contributed by atoms with Crippen molar-refractivity contribution in [2.45, 2.75) is 46.3 Å². The van der Waals surface area contributed by atoms with Crippen molar-refractivity contribution in [3.8, 4) is 0 Å². The SMILES string of the molecule is CCC(C)C(CCNC(=O)c1cc(C(=O)NCc2ccncc2)cn2c(C(F)(F)F)nnc12)=Nc1ccccc1C. The molecule has 9 nitrogen and oxygen atoms in total. The Morgan fingerprint density at radius 1 is 1.05 bits per heavy atom. The van der Waals surface area contributed by atoms with Crippen LogP contribution in [0.4, 0.5) is 18.9 Å². The average Bonchev–Trinajstić information content (AvgIpc) is 3.41. The van der Waals surface area contributed by atoms with E-state index in [-0.39, 0.29) is 35.8 Å². The van der Waals surface area contributed by atoms with Crippen molar-refractivity contribution in [2.75, 3.05) is 6.54 Å². The third-order valence-electron chi connectivity index (χ3n) is 6.69.